The third-order valence-corrected chi connectivity index (χ3v) is 5.28. The summed E-state index contributed by atoms with van der Waals surface area (Å²) in [5.41, 5.74) is 2.94. The lowest BCUT2D eigenvalue weighted by Crippen LogP contribution is -2.43. The van der Waals surface area contributed by atoms with Crippen molar-refractivity contribution in [1.29, 1.82) is 0 Å². The Morgan fingerprint density at radius 1 is 1.23 bits per heavy atom. The molecule has 3 heteroatoms. The highest BCUT2D eigenvalue weighted by molar-refractivity contribution is 5.76. The van der Waals surface area contributed by atoms with Gasteiger partial charge in [-0.3, -0.25) is 4.79 Å². The molecule has 0 spiro atoms. The molecule has 1 heterocycles. The van der Waals surface area contributed by atoms with Gasteiger partial charge in [0, 0.05) is 19.5 Å². The average molecular weight is 300 g/mol. The Labute approximate surface area is 134 Å². The number of hydrogen-bond acceptors (Lipinski definition) is 2. The van der Waals surface area contributed by atoms with Crippen molar-refractivity contribution in [3.05, 3.63) is 35.4 Å². The number of benzene rings is 1. The van der Waals surface area contributed by atoms with Gasteiger partial charge in [-0.15, -0.1) is 0 Å². The van der Waals surface area contributed by atoms with E-state index in [0.29, 0.717) is 17.7 Å². The summed E-state index contributed by atoms with van der Waals surface area (Å²) in [5, 5.41) is 3.25. The van der Waals surface area contributed by atoms with Crippen molar-refractivity contribution < 1.29 is 4.79 Å². The van der Waals surface area contributed by atoms with Crippen molar-refractivity contribution in [3.8, 4) is 0 Å². The zero-order valence-corrected chi connectivity index (χ0v) is 13.7. The van der Waals surface area contributed by atoms with Gasteiger partial charge in [-0.2, -0.15) is 0 Å². The molecule has 2 unspecified atom stereocenters. The molecule has 1 fully saturated rings. The summed E-state index contributed by atoms with van der Waals surface area (Å²) in [5.74, 6) is 1.55. The SMILES string of the molecule is CNCC1CCCN(C(=O)CC2CCc3ccccc3C2)C1. The van der Waals surface area contributed by atoms with Crippen LogP contribution in [0.25, 0.3) is 0 Å². The van der Waals surface area contributed by atoms with E-state index in [1.807, 2.05) is 7.05 Å². The van der Waals surface area contributed by atoms with Gasteiger partial charge in [0.05, 0.1) is 0 Å². The number of likely N-dealkylation sites (tertiary alicyclic amines) is 1. The lowest BCUT2D eigenvalue weighted by atomic mass is 9.82. The van der Waals surface area contributed by atoms with E-state index in [9.17, 15) is 4.79 Å². The molecule has 1 saturated heterocycles. The number of piperidine rings is 1. The van der Waals surface area contributed by atoms with Gasteiger partial charge in [-0.1, -0.05) is 24.3 Å². The molecule has 22 heavy (non-hydrogen) atoms. The van der Waals surface area contributed by atoms with E-state index in [0.717, 1.165) is 51.7 Å². The van der Waals surface area contributed by atoms with Crippen LogP contribution in [0.5, 0.6) is 0 Å². The standard InChI is InChI=1S/C19H28N2O/c1-20-13-16-5-4-10-21(14-16)19(22)12-15-8-9-17-6-2-3-7-18(17)11-15/h2-3,6-7,15-16,20H,4-5,8-14H2,1H3. The van der Waals surface area contributed by atoms with E-state index in [1.54, 1.807) is 0 Å². The normalized spacial score (nSPS) is 24.9. The van der Waals surface area contributed by atoms with E-state index < -0.39 is 0 Å². The fraction of sp³-hybridized carbons (Fsp3) is 0.632. The lowest BCUT2D eigenvalue weighted by Gasteiger charge is -2.34. The summed E-state index contributed by atoms with van der Waals surface area (Å²) in [6.07, 6.45) is 6.52. The first-order chi connectivity index (χ1) is 10.8. The van der Waals surface area contributed by atoms with E-state index in [-0.39, 0.29) is 0 Å². The number of nitrogens with zero attached hydrogens (tertiary/aromatic N) is 1. The summed E-state index contributed by atoms with van der Waals surface area (Å²) in [6.45, 7) is 2.94. The van der Waals surface area contributed by atoms with E-state index in [1.165, 1.54) is 17.5 Å². The van der Waals surface area contributed by atoms with Gasteiger partial charge < -0.3 is 10.2 Å². The highest BCUT2D eigenvalue weighted by Gasteiger charge is 2.26. The largest absolute Gasteiger partial charge is 0.342 e. The molecule has 2 atom stereocenters. The lowest BCUT2D eigenvalue weighted by molar-refractivity contribution is -0.134. The monoisotopic (exact) mass is 300 g/mol. The average Bonchev–Trinajstić information content (AvgIpc) is 2.55. The van der Waals surface area contributed by atoms with E-state index in [2.05, 4.69) is 34.5 Å². The van der Waals surface area contributed by atoms with Gasteiger partial charge in [0.15, 0.2) is 0 Å². The maximum Gasteiger partial charge on any atom is 0.222 e. The van der Waals surface area contributed by atoms with Crippen LogP contribution in [0.15, 0.2) is 24.3 Å². The molecule has 0 saturated carbocycles. The van der Waals surface area contributed by atoms with Crippen molar-refractivity contribution in [2.45, 2.75) is 38.5 Å². The molecule has 1 N–H and O–H groups in total. The van der Waals surface area contributed by atoms with Crippen molar-refractivity contribution >= 4 is 5.91 Å². The Kier molecular flexibility index (Phi) is 5.14. The summed E-state index contributed by atoms with van der Waals surface area (Å²) in [4.78, 5) is 14.8. The Hall–Kier alpha value is -1.35. The summed E-state index contributed by atoms with van der Waals surface area (Å²) < 4.78 is 0. The Balaban J connectivity index is 1.54. The molecule has 2 aliphatic rings. The Morgan fingerprint density at radius 2 is 2.05 bits per heavy atom. The van der Waals surface area contributed by atoms with Crippen LogP contribution in [-0.2, 0) is 17.6 Å². The minimum atomic E-state index is 0.380. The molecule has 3 rings (SSSR count). The van der Waals surface area contributed by atoms with Crippen LogP contribution >= 0.6 is 0 Å². The van der Waals surface area contributed by atoms with E-state index in [4.69, 9.17) is 0 Å². The topological polar surface area (TPSA) is 32.3 Å². The molecule has 1 amide bonds. The fourth-order valence-corrected chi connectivity index (χ4v) is 4.07. The molecule has 1 aliphatic heterocycles. The van der Waals surface area contributed by atoms with Gasteiger partial charge in [0.2, 0.25) is 5.91 Å². The van der Waals surface area contributed by atoms with Crippen LogP contribution in [0, 0.1) is 11.8 Å². The van der Waals surface area contributed by atoms with Gasteiger partial charge in [-0.05, 0) is 68.7 Å². The minimum Gasteiger partial charge on any atom is -0.342 e. The van der Waals surface area contributed by atoms with Gasteiger partial charge in [-0.25, -0.2) is 0 Å². The summed E-state index contributed by atoms with van der Waals surface area (Å²) in [6, 6.07) is 8.71. The molecule has 0 aromatic heterocycles. The molecule has 0 radical (unpaired) electrons. The zero-order valence-electron chi connectivity index (χ0n) is 13.7. The van der Waals surface area contributed by atoms with Crippen LogP contribution in [0.2, 0.25) is 0 Å². The molecule has 1 aromatic carbocycles. The van der Waals surface area contributed by atoms with E-state index >= 15 is 0 Å². The number of hydrogen-bond donors (Lipinski definition) is 1. The number of carbonyl (C=O) groups is 1. The molecule has 1 aliphatic carbocycles. The highest BCUT2D eigenvalue weighted by Crippen LogP contribution is 2.28. The first-order valence-corrected chi connectivity index (χ1v) is 8.75. The van der Waals surface area contributed by atoms with Gasteiger partial charge in [0.1, 0.15) is 0 Å². The second-order valence-corrected chi connectivity index (χ2v) is 6.99. The first kappa shape index (κ1) is 15.5. The Morgan fingerprint density at radius 3 is 2.86 bits per heavy atom. The molecule has 120 valence electrons. The van der Waals surface area contributed by atoms with Crippen molar-refractivity contribution in [1.82, 2.24) is 10.2 Å². The number of amides is 1. The molecule has 3 nitrogen and oxygen atoms in total. The van der Waals surface area contributed by atoms with Crippen molar-refractivity contribution in [3.63, 3.8) is 0 Å². The summed E-state index contributed by atoms with van der Waals surface area (Å²) in [7, 11) is 2.00. The number of fused-ring (bicyclic) bond motifs is 1. The molecule has 1 aromatic rings. The number of carbonyl (C=O) groups excluding carboxylic acids is 1. The van der Waals surface area contributed by atoms with Gasteiger partial charge in [0.25, 0.3) is 0 Å². The van der Waals surface area contributed by atoms with Crippen LogP contribution in [-0.4, -0.2) is 37.5 Å². The van der Waals surface area contributed by atoms with Crippen LogP contribution in [0.1, 0.15) is 36.8 Å². The minimum absolute atomic E-state index is 0.380. The molecule has 0 bridgehead atoms. The predicted octanol–water partition coefficient (Wildman–Crippen LogP) is 2.64. The first-order valence-electron chi connectivity index (χ1n) is 8.75. The van der Waals surface area contributed by atoms with Crippen LogP contribution in [0.4, 0.5) is 0 Å². The quantitative estimate of drug-likeness (QED) is 0.927. The zero-order chi connectivity index (χ0) is 15.4. The smallest absolute Gasteiger partial charge is 0.222 e. The second-order valence-electron chi connectivity index (χ2n) is 6.99. The number of rotatable bonds is 4. The highest BCUT2D eigenvalue weighted by atomic mass is 16.2. The molecular weight excluding hydrogens is 272 g/mol. The van der Waals surface area contributed by atoms with Crippen molar-refractivity contribution in [2.24, 2.45) is 11.8 Å². The number of nitrogens with one attached hydrogen (secondary N) is 1. The van der Waals surface area contributed by atoms with Crippen molar-refractivity contribution in [2.75, 3.05) is 26.7 Å². The van der Waals surface area contributed by atoms with Gasteiger partial charge >= 0.3 is 0 Å². The fourth-order valence-electron chi connectivity index (χ4n) is 4.07. The maximum atomic E-state index is 12.6. The third kappa shape index (κ3) is 3.70. The van der Waals surface area contributed by atoms with Crippen LogP contribution < -0.4 is 5.32 Å². The maximum absolute atomic E-state index is 12.6. The predicted molar refractivity (Wildman–Crippen MR) is 89.8 cm³/mol. The summed E-state index contributed by atoms with van der Waals surface area (Å²) >= 11 is 0. The van der Waals surface area contributed by atoms with Crippen LogP contribution in [0.3, 0.4) is 0 Å². The number of aryl methyl sites for hydroxylation is 1. The Bertz CT molecular complexity index is 512. The molecular formula is C19H28N2O. The third-order valence-electron chi connectivity index (χ3n) is 5.28. The second kappa shape index (κ2) is 7.28.